The lowest BCUT2D eigenvalue weighted by molar-refractivity contribution is -0.131. The van der Waals surface area contributed by atoms with E-state index < -0.39 is 17.3 Å². The highest BCUT2D eigenvalue weighted by atomic mass is 19.1. The van der Waals surface area contributed by atoms with E-state index in [1.165, 1.54) is 17.1 Å². The molecule has 1 N–H and O–H groups in total. The van der Waals surface area contributed by atoms with E-state index in [1.54, 1.807) is 0 Å². The second-order valence-corrected chi connectivity index (χ2v) is 4.94. The number of nitrogens with zero attached hydrogens (tertiary/aromatic N) is 2. The maximum atomic E-state index is 14.0. The zero-order valence-electron chi connectivity index (χ0n) is 11.2. The molecule has 20 heavy (non-hydrogen) atoms. The molecule has 0 radical (unpaired) electrons. The van der Waals surface area contributed by atoms with Crippen molar-refractivity contribution in [2.75, 3.05) is 0 Å². The molecule has 0 bridgehead atoms. The number of carboxylic acid groups (broad SMARTS) is 1. The minimum absolute atomic E-state index is 0.321. The Morgan fingerprint density at radius 1 is 1.35 bits per heavy atom. The Balaban J connectivity index is 2.52. The summed E-state index contributed by atoms with van der Waals surface area (Å²) in [6.45, 7) is 3.74. The Bertz CT molecular complexity index is 645. The topological polar surface area (TPSA) is 55.1 Å². The van der Waals surface area contributed by atoms with Gasteiger partial charge in [0.05, 0.1) is 5.69 Å². The molecule has 2 aromatic rings. The van der Waals surface area contributed by atoms with Crippen molar-refractivity contribution in [3.63, 3.8) is 0 Å². The highest BCUT2D eigenvalue weighted by Crippen LogP contribution is 2.32. The second-order valence-electron chi connectivity index (χ2n) is 4.94. The third-order valence-corrected chi connectivity index (χ3v) is 3.21. The number of imidazole rings is 1. The zero-order valence-corrected chi connectivity index (χ0v) is 11.2. The van der Waals surface area contributed by atoms with Gasteiger partial charge in [0.2, 0.25) is 5.95 Å². The van der Waals surface area contributed by atoms with Crippen molar-refractivity contribution in [3.05, 3.63) is 59.9 Å². The first-order valence-corrected chi connectivity index (χ1v) is 6.12. The summed E-state index contributed by atoms with van der Waals surface area (Å²) >= 11 is 0. The summed E-state index contributed by atoms with van der Waals surface area (Å²) in [6, 6.07) is 9.44. The molecule has 0 fully saturated rings. The first-order valence-electron chi connectivity index (χ1n) is 6.12. The van der Waals surface area contributed by atoms with Crippen molar-refractivity contribution in [3.8, 4) is 0 Å². The van der Waals surface area contributed by atoms with Gasteiger partial charge in [-0.3, -0.25) is 0 Å². The van der Waals surface area contributed by atoms with Gasteiger partial charge in [0.25, 0.3) is 0 Å². The van der Waals surface area contributed by atoms with E-state index in [9.17, 15) is 9.18 Å². The number of carbonyl (C=O) groups is 1. The fourth-order valence-corrected chi connectivity index (χ4v) is 2.17. The van der Waals surface area contributed by atoms with Crippen LogP contribution in [0.25, 0.3) is 6.20 Å². The monoisotopic (exact) mass is 274 g/mol. The van der Waals surface area contributed by atoms with E-state index in [1.807, 2.05) is 44.2 Å². The SMILES string of the molecule is CC(C)(c1ccccc1)c1c(F)ncn1C=CC(=O)O. The number of carboxylic acids is 1. The van der Waals surface area contributed by atoms with Gasteiger partial charge in [0, 0.05) is 17.7 Å². The number of aliphatic carboxylic acids is 1. The predicted molar refractivity (Wildman–Crippen MR) is 73.7 cm³/mol. The van der Waals surface area contributed by atoms with Gasteiger partial charge in [0.15, 0.2) is 0 Å². The Morgan fingerprint density at radius 2 is 2.00 bits per heavy atom. The van der Waals surface area contributed by atoms with Crippen LogP contribution in [-0.4, -0.2) is 20.6 Å². The van der Waals surface area contributed by atoms with Crippen LogP contribution >= 0.6 is 0 Å². The van der Waals surface area contributed by atoms with Crippen LogP contribution in [0.2, 0.25) is 0 Å². The second kappa shape index (κ2) is 5.28. The third-order valence-electron chi connectivity index (χ3n) is 3.21. The maximum Gasteiger partial charge on any atom is 0.329 e. The van der Waals surface area contributed by atoms with Crippen LogP contribution < -0.4 is 0 Å². The average Bonchev–Trinajstić information content (AvgIpc) is 2.79. The Labute approximate surface area is 116 Å². The molecule has 0 saturated carbocycles. The minimum Gasteiger partial charge on any atom is -0.478 e. The van der Waals surface area contributed by atoms with Gasteiger partial charge in [-0.05, 0) is 5.56 Å². The highest BCUT2D eigenvalue weighted by molar-refractivity contribution is 5.83. The quantitative estimate of drug-likeness (QED) is 0.872. The average molecular weight is 274 g/mol. The van der Waals surface area contributed by atoms with Crippen molar-refractivity contribution in [1.82, 2.24) is 9.55 Å². The van der Waals surface area contributed by atoms with Gasteiger partial charge in [-0.25, -0.2) is 9.78 Å². The molecule has 0 saturated heterocycles. The van der Waals surface area contributed by atoms with Crippen molar-refractivity contribution >= 4 is 12.2 Å². The fraction of sp³-hybridized carbons (Fsp3) is 0.200. The molecular formula is C15H15FN2O2. The molecular weight excluding hydrogens is 259 g/mol. The van der Waals surface area contributed by atoms with E-state index in [2.05, 4.69) is 4.98 Å². The van der Waals surface area contributed by atoms with Crippen LogP contribution in [0.5, 0.6) is 0 Å². The molecule has 0 spiro atoms. The van der Waals surface area contributed by atoms with Gasteiger partial charge in [-0.2, -0.15) is 4.39 Å². The van der Waals surface area contributed by atoms with Crippen LogP contribution in [0.1, 0.15) is 25.1 Å². The Hall–Kier alpha value is -2.43. The number of aromatic nitrogens is 2. The molecule has 1 aromatic heterocycles. The number of hydrogen-bond acceptors (Lipinski definition) is 2. The molecule has 0 aliphatic rings. The summed E-state index contributed by atoms with van der Waals surface area (Å²) in [4.78, 5) is 14.2. The van der Waals surface area contributed by atoms with Crippen molar-refractivity contribution in [2.45, 2.75) is 19.3 Å². The van der Waals surface area contributed by atoms with Gasteiger partial charge in [-0.15, -0.1) is 0 Å². The van der Waals surface area contributed by atoms with Gasteiger partial charge in [0.1, 0.15) is 6.33 Å². The Kier molecular flexibility index (Phi) is 3.70. The lowest BCUT2D eigenvalue weighted by atomic mass is 9.81. The number of benzene rings is 1. The predicted octanol–water partition coefficient (Wildman–Crippen LogP) is 2.90. The van der Waals surface area contributed by atoms with Crippen molar-refractivity contribution < 1.29 is 14.3 Å². The molecule has 0 aliphatic heterocycles. The van der Waals surface area contributed by atoms with Crippen LogP contribution in [-0.2, 0) is 10.2 Å². The molecule has 0 atom stereocenters. The summed E-state index contributed by atoms with van der Waals surface area (Å²) in [5.41, 5.74) is 0.607. The van der Waals surface area contributed by atoms with Crippen LogP contribution in [0, 0.1) is 5.95 Å². The largest absolute Gasteiger partial charge is 0.478 e. The Morgan fingerprint density at radius 3 is 2.60 bits per heavy atom. The van der Waals surface area contributed by atoms with Crippen LogP contribution in [0.3, 0.4) is 0 Å². The fourth-order valence-electron chi connectivity index (χ4n) is 2.17. The van der Waals surface area contributed by atoms with Crippen molar-refractivity contribution in [1.29, 1.82) is 0 Å². The maximum absolute atomic E-state index is 14.0. The summed E-state index contributed by atoms with van der Waals surface area (Å²) < 4.78 is 15.4. The van der Waals surface area contributed by atoms with Crippen molar-refractivity contribution in [2.24, 2.45) is 0 Å². The lowest BCUT2D eigenvalue weighted by Crippen LogP contribution is -2.23. The third kappa shape index (κ3) is 2.61. The molecule has 4 nitrogen and oxygen atoms in total. The van der Waals surface area contributed by atoms with E-state index in [4.69, 9.17) is 5.11 Å². The zero-order chi connectivity index (χ0) is 14.8. The molecule has 0 aliphatic carbocycles. The standard InChI is InChI=1S/C15H15FN2O2/c1-15(2,11-6-4-3-5-7-11)13-14(16)17-10-18(13)9-8-12(19)20/h3-10H,1-2H3,(H,19,20). The minimum atomic E-state index is -1.09. The molecule has 104 valence electrons. The normalized spacial score (nSPS) is 11.9. The molecule has 1 heterocycles. The van der Waals surface area contributed by atoms with Crippen LogP contribution in [0.4, 0.5) is 4.39 Å². The first kappa shape index (κ1) is 14.0. The number of halogens is 1. The van der Waals surface area contributed by atoms with E-state index >= 15 is 0 Å². The summed E-state index contributed by atoms with van der Waals surface area (Å²) in [7, 11) is 0. The molecule has 0 unspecified atom stereocenters. The molecule has 2 rings (SSSR count). The van der Waals surface area contributed by atoms with E-state index in [0.29, 0.717) is 5.69 Å². The lowest BCUT2D eigenvalue weighted by Gasteiger charge is -2.25. The van der Waals surface area contributed by atoms with Gasteiger partial charge >= 0.3 is 5.97 Å². The van der Waals surface area contributed by atoms with Gasteiger partial charge in [-0.1, -0.05) is 44.2 Å². The van der Waals surface area contributed by atoms with E-state index in [0.717, 1.165) is 11.6 Å². The molecule has 5 heteroatoms. The van der Waals surface area contributed by atoms with E-state index in [-0.39, 0.29) is 0 Å². The molecule has 1 aromatic carbocycles. The van der Waals surface area contributed by atoms with Gasteiger partial charge < -0.3 is 9.67 Å². The number of hydrogen-bond donors (Lipinski definition) is 1. The summed E-state index contributed by atoms with van der Waals surface area (Å²) in [5, 5.41) is 8.68. The molecule has 0 amide bonds. The summed E-state index contributed by atoms with van der Waals surface area (Å²) in [6.07, 6.45) is 3.51. The summed E-state index contributed by atoms with van der Waals surface area (Å²) in [5.74, 6) is -1.70. The smallest absolute Gasteiger partial charge is 0.329 e. The highest BCUT2D eigenvalue weighted by Gasteiger charge is 2.30. The van der Waals surface area contributed by atoms with Crippen LogP contribution in [0.15, 0.2) is 42.7 Å². The first-order chi connectivity index (χ1) is 9.43. The number of rotatable bonds is 4.